The molecule has 0 amide bonds. The minimum Gasteiger partial charge on any atom is -0.381 e. The maximum absolute atomic E-state index is 13.2. The predicted octanol–water partition coefficient (Wildman–Crippen LogP) is 3.59. The number of anilines is 1. The van der Waals surface area contributed by atoms with Crippen molar-refractivity contribution >= 4 is 15.5 Å². The molecule has 0 saturated heterocycles. The highest BCUT2D eigenvalue weighted by atomic mass is 32.2. The van der Waals surface area contributed by atoms with Crippen LogP contribution in [0.3, 0.4) is 0 Å². The predicted molar refractivity (Wildman–Crippen MR) is 83.0 cm³/mol. The van der Waals surface area contributed by atoms with Crippen LogP contribution >= 0.6 is 0 Å². The summed E-state index contributed by atoms with van der Waals surface area (Å²) in [5.41, 5.74) is -0.218. The molecule has 4 nitrogen and oxygen atoms in total. The second-order valence-corrected chi connectivity index (χ2v) is 7.15. The van der Waals surface area contributed by atoms with Gasteiger partial charge in [0.2, 0.25) is 0 Å². The molecular formula is C16H13F3N2O2S. The van der Waals surface area contributed by atoms with E-state index in [0.717, 1.165) is 18.4 Å². The van der Waals surface area contributed by atoms with Gasteiger partial charge in [0, 0.05) is 18.5 Å². The standard InChI is InChI=1S/C16H13F3N2O2S/c1-24(22,23)14-6-5-12(15(8-14)16(17,18)19)10-21-13-4-2-3-11(7-13)9-20/h2-8,21H,10H2,1H3. The van der Waals surface area contributed by atoms with E-state index in [-0.39, 0.29) is 17.0 Å². The lowest BCUT2D eigenvalue weighted by molar-refractivity contribution is -0.138. The van der Waals surface area contributed by atoms with Crippen molar-refractivity contribution in [2.24, 2.45) is 0 Å². The third kappa shape index (κ3) is 4.26. The molecule has 2 aromatic rings. The van der Waals surface area contributed by atoms with Crippen molar-refractivity contribution in [3.8, 4) is 6.07 Å². The van der Waals surface area contributed by atoms with Crippen LogP contribution in [0.1, 0.15) is 16.7 Å². The minimum atomic E-state index is -4.67. The molecule has 0 aliphatic heterocycles. The third-order valence-corrected chi connectivity index (χ3v) is 4.40. The molecule has 0 bridgehead atoms. The summed E-state index contributed by atoms with van der Waals surface area (Å²) in [6.07, 6.45) is -3.82. The average molecular weight is 354 g/mol. The molecule has 0 spiro atoms. The molecule has 2 rings (SSSR count). The summed E-state index contributed by atoms with van der Waals surface area (Å²) in [6.45, 7) is -0.159. The number of nitriles is 1. The normalized spacial score (nSPS) is 11.8. The molecule has 2 aromatic carbocycles. The number of hydrogen-bond acceptors (Lipinski definition) is 4. The summed E-state index contributed by atoms with van der Waals surface area (Å²) >= 11 is 0. The fraction of sp³-hybridized carbons (Fsp3) is 0.188. The van der Waals surface area contributed by atoms with Crippen LogP contribution in [0.5, 0.6) is 0 Å². The molecule has 126 valence electrons. The summed E-state index contributed by atoms with van der Waals surface area (Å²) in [5.74, 6) is 0. The van der Waals surface area contributed by atoms with Gasteiger partial charge in [-0.05, 0) is 35.9 Å². The number of halogens is 3. The number of sulfone groups is 1. The molecule has 0 aromatic heterocycles. The smallest absolute Gasteiger partial charge is 0.381 e. The van der Waals surface area contributed by atoms with Gasteiger partial charge in [-0.25, -0.2) is 8.42 Å². The zero-order chi connectivity index (χ0) is 18.0. The van der Waals surface area contributed by atoms with E-state index < -0.39 is 21.6 Å². The Bertz CT molecular complexity index is 900. The molecule has 24 heavy (non-hydrogen) atoms. The van der Waals surface area contributed by atoms with Crippen LogP contribution in [0.25, 0.3) is 0 Å². The Balaban J connectivity index is 2.34. The van der Waals surface area contributed by atoms with Crippen molar-refractivity contribution in [2.75, 3.05) is 11.6 Å². The topological polar surface area (TPSA) is 70.0 Å². The van der Waals surface area contributed by atoms with E-state index in [1.165, 1.54) is 6.07 Å². The first-order valence-electron chi connectivity index (χ1n) is 6.75. The Labute approximate surface area is 137 Å². The lowest BCUT2D eigenvalue weighted by Crippen LogP contribution is -2.13. The SMILES string of the molecule is CS(=O)(=O)c1ccc(CNc2cccc(C#N)c2)c(C(F)(F)F)c1. The maximum Gasteiger partial charge on any atom is 0.416 e. The van der Waals surface area contributed by atoms with E-state index in [9.17, 15) is 21.6 Å². The first kappa shape index (κ1) is 17.8. The van der Waals surface area contributed by atoms with E-state index in [2.05, 4.69) is 5.32 Å². The first-order chi connectivity index (χ1) is 11.1. The molecule has 8 heteroatoms. The van der Waals surface area contributed by atoms with Gasteiger partial charge in [-0.2, -0.15) is 18.4 Å². The Hall–Kier alpha value is -2.53. The van der Waals surface area contributed by atoms with Gasteiger partial charge in [-0.3, -0.25) is 0 Å². The highest BCUT2D eigenvalue weighted by molar-refractivity contribution is 7.90. The van der Waals surface area contributed by atoms with E-state index in [0.29, 0.717) is 17.3 Å². The summed E-state index contributed by atoms with van der Waals surface area (Å²) in [4.78, 5) is -0.384. The molecule has 1 N–H and O–H groups in total. The van der Waals surface area contributed by atoms with Crippen LogP contribution in [-0.2, 0) is 22.6 Å². The molecule has 0 aliphatic carbocycles. The number of benzene rings is 2. The molecule has 0 atom stereocenters. The first-order valence-corrected chi connectivity index (χ1v) is 8.64. The second kappa shape index (κ2) is 6.53. The number of nitrogens with zero attached hydrogens (tertiary/aromatic N) is 1. The summed E-state index contributed by atoms with van der Waals surface area (Å²) < 4.78 is 62.5. The molecule has 0 fully saturated rings. The lowest BCUT2D eigenvalue weighted by Gasteiger charge is -2.15. The Morgan fingerprint density at radius 2 is 1.88 bits per heavy atom. The molecule has 0 radical (unpaired) electrons. The van der Waals surface area contributed by atoms with Crippen molar-refractivity contribution in [1.29, 1.82) is 5.26 Å². The zero-order valence-corrected chi connectivity index (χ0v) is 13.4. The largest absolute Gasteiger partial charge is 0.416 e. The zero-order valence-electron chi connectivity index (χ0n) is 12.6. The number of alkyl halides is 3. The van der Waals surface area contributed by atoms with E-state index >= 15 is 0 Å². The number of rotatable bonds is 4. The summed E-state index contributed by atoms with van der Waals surface area (Å²) in [7, 11) is -3.73. The number of hydrogen-bond donors (Lipinski definition) is 1. The van der Waals surface area contributed by atoms with Crippen LogP contribution in [0.2, 0.25) is 0 Å². The van der Waals surface area contributed by atoms with Crippen molar-refractivity contribution in [3.05, 3.63) is 59.2 Å². The summed E-state index contributed by atoms with van der Waals surface area (Å²) in [6, 6.07) is 11.2. The Kier molecular flexibility index (Phi) is 4.85. The van der Waals surface area contributed by atoms with E-state index in [4.69, 9.17) is 5.26 Å². The van der Waals surface area contributed by atoms with Crippen molar-refractivity contribution < 1.29 is 21.6 Å². The lowest BCUT2D eigenvalue weighted by atomic mass is 10.1. The third-order valence-electron chi connectivity index (χ3n) is 3.29. The molecule has 0 aliphatic rings. The summed E-state index contributed by atoms with van der Waals surface area (Å²) in [5, 5.41) is 11.6. The Morgan fingerprint density at radius 1 is 1.17 bits per heavy atom. The molecule has 0 unspecified atom stereocenters. The van der Waals surface area contributed by atoms with Crippen molar-refractivity contribution in [2.45, 2.75) is 17.6 Å². The molecule has 0 heterocycles. The average Bonchev–Trinajstić information content (AvgIpc) is 2.51. The van der Waals surface area contributed by atoms with Gasteiger partial charge in [0.25, 0.3) is 0 Å². The minimum absolute atomic E-state index is 0.0859. The van der Waals surface area contributed by atoms with Crippen molar-refractivity contribution in [3.63, 3.8) is 0 Å². The quantitative estimate of drug-likeness (QED) is 0.911. The maximum atomic E-state index is 13.2. The van der Waals surface area contributed by atoms with E-state index in [1.54, 1.807) is 18.2 Å². The Morgan fingerprint density at radius 3 is 2.46 bits per heavy atom. The van der Waals surface area contributed by atoms with Gasteiger partial charge < -0.3 is 5.32 Å². The fourth-order valence-corrected chi connectivity index (χ4v) is 2.75. The molecular weight excluding hydrogens is 341 g/mol. The van der Waals surface area contributed by atoms with Gasteiger partial charge in [-0.1, -0.05) is 12.1 Å². The fourth-order valence-electron chi connectivity index (χ4n) is 2.10. The van der Waals surface area contributed by atoms with Crippen LogP contribution < -0.4 is 5.32 Å². The highest BCUT2D eigenvalue weighted by Crippen LogP contribution is 2.34. The monoisotopic (exact) mass is 354 g/mol. The van der Waals surface area contributed by atoms with Gasteiger partial charge >= 0.3 is 6.18 Å². The van der Waals surface area contributed by atoms with Gasteiger partial charge in [0.1, 0.15) is 0 Å². The van der Waals surface area contributed by atoms with Crippen LogP contribution in [0.15, 0.2) is 47.4 Å². The van der Waals surface area contributed by atoms with E-state index in [1.807, 2.05) is 6.07 Å². The van der Waals surface area contributed by atoms with Gasteiger partial charge in [0.05, 0.1) is 22.1 Å². The van der Waals surface area contributed by atoms with Crippen LogP contribution in [0, 0.1) is 11.3 Å². The van der Waals surface area contributed by atoms with Crippen molar-refractivity contribution in [1.82, 2.24) is 0 Å². The van der Waals surface area contributed by atoms with Crippen LogP contribution in [0.4, 0.5) is 18.9 Å². The van der Waals surface area contributed by atoms with Gasteiger partial charge in [0.15, 0.2) is 9.84 Å². The second-order valence-electron chi connectivity index (χ2n) is 5.14. The molecule has 0 saturated carbocycles. The number of nitrogens with one attached hydrogen (secondary N) is 1. The van der Waals surface area contributed by atoms with Crippen LogP contribution in [-0.4, -0.2) is 14.7 Å². The highest BCUT2D eigenvalue weighted by Gasteiger charge is 2.34. The van der Waals surface area contributed by atoms with Gasteiger partial charge in [-0.15, -0.1) is 0 Å².